The van der Waals surface area contributed by atoms with Gasteiger partial charge in [0.1, 0.15) is 11.6 Å². The molecule has 1 heterocycles. The van der Waals surface area contributed by atoms with E-state index in [-0.39, 0.29) is 17.8 Å². The second kappa shape index (κ2) is 7.98. The van der Waals surface area contributed by atoms with Crippen molar-refractivity contribution in [3.05, 3.63) is 30.1 Å². The first-order valence-electron chi connectivity index (χ1n) is 7.54. The monoisotopic (exact) mass is 294 g/mol. The minimum Gasteiger partial charge on any atom is -0.493 e. The molecule has 0 radical (unpaired) electrons. The second-order valence-corrected chi connectivity index (χ2v) is 5.55. The number of hydrogen-bond donors (Lipinski definition) is 2. The van der Waals surface area contributed by atoms with Gasteiger partial charge < -0.3 is 15.4 Å². The third-order valence-corrected chi connectivity index (χ3v) is 3.60. The van der Waals surface area contributed by atoms with Gasteiger partial charge in [-0.25, -0.2) is 4.39 Å². The van der Waals surface area contributed by atoms with Crippen LogP contribution in [-0.4, -0.2) is 31.1 Å². The molecule has 5 heteroatoms. The lowest BCUT2D eigenvalue weighted by Crippen LogP contribution is -2.46. The van der Waals surface area contributed by atoms with Crippen LogP contribution in [0.3, 0.4) is 0 Å². The normalized spacial score (nSPS) is 21.8. The summed E-state index contributed by atoms with van der Waals surface area (Å²) in [4.78, 5) is 11.8. The molecule has 1 aliphatic heterocycles. The van der Waals surface area contributed by atoms with Gasteiger partial charge in [-0.2, -0.15) is 0 Å². The number of halogens is 1. The molecule has 2 rings (SSSR count). The SMILES string of the molecule is CC1CC(NC(=O)CCCOc2cccc(F)c2)CCN1. The Morgan fingerprint density at radius 2 is 2.38 bits per heavy atom. The molecule has 116 valence electrons. The van der Waals surface area contributed by atoms with Crippen LogP contribution in [0.2, 0.25) is 0 Å². The number of ether oxygens (including phenoxy) is 1. The highest BCUT2D eigenvalue weighted by Crippen LogP contribution is 2.12. The van der Waals surface area contributed by atoms with Gasteiger partial charge in [-0.15, -0.1) is 0 Å². The fourth-order valence-electron chi connectivity index (χ4n) is 2.54. The summed E-state index contributed by atoms with van der Waals surface area (Å²) in [5.41, 5.74) is 0. The highest BCUT2D eigenvalue weighted by Gasteiger charge is 2.19. The van der Waals surface area contributed by atoms with Crippen molar-refractivity contribution in [2.45, 2.75) is 44.7 Å². The molecule has 1 aliphatic rings. The van der Waals surface area contributed by atoms with Crippen molar-refractivity contribution in [3.63, 3.8) is 0 Å². The largest absolute Gasteiger partial charge is 0.493 e. The third-order valence-electron chi connectivity index (χ3n) is 3.60. The molecule has 2 N–H and O–H groups in total. The Morgan fingerprint density at radius 3 is 3.14 bits per heavy atom. The molecule has 1 fully saturated rings. The zero-order chi connectivity index (χ0) is 15.1. The molecule has 1 aromatic carbocycles. The highest BCUT2D eigenvalue weighted by atomic mass is 19.1. The van der Waals surface area contributed by atoms with Crippen molar-refractivity contribution in [1.29, 1.82) is 0 Å². The predicted molar refractivity (Wildman–Crippen MR) is 79.8 cm³/mol. The lowest BCUT2D eigenvalue weighted by molar-refractivity contribution is -0.122. The van der Waals surface area contributed by atoms with Crippen LogP contribution in [0.1, 0.15) is 32.6 Å². The Morgan fingerprint density at radius 1 is 1.52 bits per heavy atom. The van der Waals surface area contributed by atoms with Crippen molar-refractivity contribution in [2.24, 2.45) is 0 Å². The first kappa shape index (κ1) is 15.8. The van der Waals surface area contributed by atoms with E-state index < -0.39 is 0 Å². The molecule has 21 heavy (non-hydrogen) atoms. The number of carbonyl (C=O) groups excluding carboxylic acids is 1. The smallest absolute Gasteiger partial charge is 0.220 e. The van der Waals surface area contributed by atoms with Crippen LogP contribution in [0.4, 0.5) is 4.39 Å². The number of rotatable bonds is 6. The average Bonchev–Trinajstić information content (AvgIpc) is 2.44. The summed E-state index contributed by atoms with van der Waals surface area (Å²) in [5, 5.41) is 6.42. The molecule has 1 saturated heterocycles. The summed E-state index contributed by atoms with van der Waals surface area (Å²) in [6, 6.07) is 6.77. The quantitative estimate of drug-likeness (QED) is 0.791. The van der Waals surface area contributed by atoms with E-state index in [4.69, 9.17) is 4.74 Å². The molecule has 0 aliphatic carbocycles. The van der Waals surface area contributed by atoms with E-state index >= 15 is 0 Å². The van der Waals surface area contributed by atoms with Gasteiger partial charge in [0.2, 0.25) is 5.91 Å². The molecule has 0 spiro atoms. The van der Waals surface area contributed by atoms with E-state index in [2.05, 4.69) is 17.6 Å². The molecule has 0 saturated carbocycles. The number of benzene rings is 1. The lowest BCUT2D eigenvalue weighted by Gasteiger charge is -2.28. The van der Waals surface area contributed by atoms with Crippen molar-refractivity contribution < 1.29 is 13.9 Å². The number of piperidine rings is 1. The van der Waals surface area contributed by atoms with E-state index in [1.807, 2.05) is 0 Å². The maximum Gasteiger partial charge on any atom is 0.220 e. The molecule has 1 aromatic rings. The molecule has 0 aromatic heterocycles. The van der Waals surface area contributed by atoms with Crippen molar-refractivity contribution in [2.75, 3.05) is 13.2 Å². The number of carbonyl (C=O) groups is 1. The topological polar surface area (TPSA) is 50.4 Å². The molecule has 4 nitrogen and oxygen atoms in total. The summed E-state index contributed by atoms with van der Waals surface area (Å²) in [6.07, 6.45) is 3.03. The van der Waals surface area contributed by atoms with Crippen molar-refractivity contribution in [3.8, 4) is 5.75 Å². The Balaban J connectivity index is 1.61. The maximum atomic E-state index is 12.9. The van der Waals surface area contributed by atoms with Crippen LogP contribution in [0.5, 0.6) is 5.75 Å². The van der Waals surface area contributed by atoms with Crippen molar-refractivity contribution >= 4 is 5.91 Å². The van der Waals surface area contributed by atoms with Crippen LogP contribution >= 0.6 is 0 Å². The zero-order valence-electron chi connectivity index (χ0n) is 12.4. The molecular weight excluding hydrogens is 271 g/mol. The van der Waals surface area contributed by atoms with Crippen LogP contribution in [0, 0.1) is 5.82 Å². The molecular formula is C16H23FN2O2. The van der Waals surface area contributed by atoms with Crippen LogP contribution in [0.15, 0.2) is 24.3 Å². The van der Waals surface area contributed by atoms with Crippen LogP contribution in [-0.2, 0) is 4.79 Å². The van der Waals surface area contributed by atoms with Gasteiger partial charge in [0.05, 0.1) is 6.61 Å². The summed E-state index contributed by atoms with van der Waals surface area (Å²) in [7, 11) is 0. The Labute approximate surface area is 125 Å². The Bertz CT molecular complexity index is 467. The summed E-state index contributed by atoms with van der Waals surface area (Å²) in [5.74, 6) is 0.254. The summed E-state index contributed by atoms with van der Waals surface area (Å²) in [6.45, 7) is 3.50. The summed E-state index contributed by atoms with van der Waals surface area (Å²) < 4.78 is 18.4. The minimum atomic E-state index is -0.315. The van der Waals surface area contributed by atoms with Gasteiger partial charge in [0.25, 0.3) is 0 Å². The standard InChI is InChI=1S/C16H23FN2O2/c1-12-10-14(7-8-18-12)19-16(20)6-3-9-21-15-5-2-4-13(17)11-15/h2,4-5,11-12,14,18H,3,6-10H2,1H3,(H,19,20). The van der Waals surface area contributed by atoms with Gasteiger partial charge in [-0.1, -0.05) is 6.07 Å². The van der Waals surface area contributed by atoms with Gasteiger partial charge in [-0.3, -0.25) is 4.79 Å². The van der Waals surface area contributed by atoms with E-state index in [1.165, 1.54) is 12.1 Å². The van der Waals surface area contributed by atoms with Crippen LogP contribution < -0.4 is 15.4 Å². The number of nitrogens with one attached hydrogen (secondary N) is 2. The third kappa shape index (κ3) is 5.71. The van der Waals surface area contributed by atoms with E-state index in [1.54, 1.807) is 12.1 Å². The highest BCUT2D eigenvalue weighted by molar-refractivity contribution is 5.76. The maximum absolute atomic E-state index is 12.9. The molecule has 2 unspecified atom stereocenters. The first-order valence-corrected chi connectivity index (χ1v) is 7.54. The molecule has 0 bridgehead atoms. The Kier molecular flexibility index (Phi) is 5.99. The number of amides is 1. The van der Waals surface area contributed by atoms with Gasteiger partial charge in [0, 0.05) is 24.6 Å². The second-order valence-electron chi connectivity index (χ2n) is 5.55. The minimum absolute atomic E-state index is 0.0666. The Hall–Kier alpha value is -1.62. The van der Waals surface area contributed by atoms with E-state index in [0.29, 0.717) is 31.2 Å². The van der Waals surface area contributed by atoms with E-state index in [9.17, 15) is 9.18 Å². The summed E-state index contributed by atoms with van der Waals surface area (Å²) >= 11 is 0. The van der Waals surface area contributed by atoms with Crippen molar-refractivity contribution in [1.82, 2.24) is 10.6 Å². The van der Waals surface area contributed by atoms with E-state index in [0.717, 1.165) is 19.4 Å². The fraction of sp³-hybridized carbons (Fsp3) is 0.562. The first-order chi connectivity index (χ1) is 10.1. The van der Waals surface area contributed by atoms with Crippen LogP contribution in [0.25, 0.3) is 0 Å². The lowest BCUT2D eigenvalue weighted by atomic mass is 10.0. The van der Waals surface area contributed by atoms with Gasteiger partial charge in [0.15, 0.2) is 0 Å². The average molecular weight is 294 g/mol. The molecule has 2 atom stereocenters. The zero-order valence-corrected chi connectivity index (χ0v) is 12.4. The van der Waals surface area contributed by atoms with Gasteiger partial charge >= 0.3 is 0 Å². The molecule has 1 amide bonds. The predicted octanol–water partition coefficient (Wildman–Crippen LogP) is 2.24. The fourth-order valence-corrected chi connectivity index (χ4v) is 2.54. The van der Waals surface area contributed by atoms with Gasteiger partial charge in [-0.05, 0) is 44.9 Å². The number of hydrogen-bond acceptors (Lipinski definition) is 3.